The fourth-order valence-electron chi connectivity index (χ4n) is 1.75. The topological polar surface area (TPSA) is 39.7 Å². The Labute approximate surface area is 122 Å². The molecule has 0 aliphatic heterocycles. The van der Waals surface area contributed by atoms with Crippen molar-refractivity contribution < 1.29 is 0 Å². The number of hydrogen-bond acceptors (Lipinski definition) is 2. The molecule has 1 aliphatic rings. The van der Waals surface area contributed by atoms with E-state index in [2.05, 4.69) is 34.0 Å². The molecule has 4 nitrogen and oxygen atoms in total. The summed E-state index contributed by atoms with van der Waals surface area (Å²) in [4.78, 5) is 6.66. The molecule has 0 unspecified atom stereocenters. The second-order valence-electron chi connectivity index (χ2n) is 4.03. The van der Waals surface area contributed by atoms with Crippen LogP contribution in [0.4, 0.5) is 0 Å². The van der Waals surface area contributed by atoms with Crippen molar-refractivity contribution >= 4 is 29.9 Å². The van der Waals surface area contributed by atoms with Crippen molar-refractivity contribution in [2.24, 2.45) is 4.99 Å². The second-order valence-corrected chi connectivity index (χ2v) is 4.03. The molecule has 1 rings (SSSR count). The summed E-state index contributed by atoms with van der Waals surface area (Å²) in [5.74, 6) is 0.853. The van der Waals surface area contributed by atoms with Crippen LogP contribution in [0.5, 0.6) is 0 Å². The van der Waals surface area contributed by atoms with Gasteiger partial charge in [0, 0.05) is 32.7 Å². The quantitative estimate of drug-likeness (QED) is 0.315. The van der Waals surface area contributed by atoms with Crippen molar-refractivity contribution in [1.29, 1.82) is 0 Å². The molecule has 2 N–H and O–H groups in total. The van der Waals surface area contributed by atoms with Crippen molar-refractivity contribution in [1.82, 2.24) is 15.5 Å². The fraction of sp³-hybridized carbons (Fsp3) is 0.750. The van der Waals surface area contributed by atoms with Crippen molar-refractivity contribution in [3.8, 4) is 0 Å². The standard InChI is InChI=1S/C12H24N4.HI/c1-4-8-14-12(13-3)15-9-10-16(5-2)11-6-7-11;/h4,11H,1,5-10H2,2-3H3,(H2,13,14,15);1H. The Bertz CT molecular complexity index is 239. The highest BCUT2D eigenvalue weighted by Crippen LogP contribution is 2.25. The molecule has 0 aromatic heterocycles. The molecule has 1 fully saturated rings. The molecule has 0 amide bonds. The Hall–Kier alpha value is -0.300. The Morgan fingerprint density at radius 3 is 2.65 bits per heavy atom. The van der Waals surface area contributed by atoms with Gasteiger partial charge in [-0.05, 0) is 19.4 Å². The zero-order valence-electron chi connectivity index (χ0n) is 10.9. The van der Waals surface area contributed by atoms with Crippen LogP contribution in [0.25, 0.3) is 0 Å². The molecular formula is C12H25IN4. The lowest BCUT2D eigenvalue weighted by atomic mass is 10.4. The van der Waals surface area contributed by atoms with E-state index in [9.17, 15) is 0 Å². The molecule has 0 atom stereocenters. The molecule has 0 aromatic carbocycles. The van der Waals surface area contributed by atoms with Crippen molar-refractivity contribution in [2.75, 3.05) is 33.2 Å². The van der Waals surface area contributed by atoms with Crippen LogP contribution in [0.2, 0.25) is 0 Å². The summed E-state index contributed by atoms with van der Waals surface area (Å²) in [5, 5.41) is 6.46. The van der Waals surface area contributed by atoms with Gasteiger partial charge in [-0.3, -0.25) is 9.89 Å². The average molecular weight is 352 g/mol. The molecule has 0 spiro atoms. The summed E-state index contributed by atoms with van der Waals surface area (Å²) in [6.45, 7) is 9.82. The van der Waals surface area contributed by atoms with Crippen LogP contribution in [0.15, 0.2) is 17.6 Å². The molecule has 1 aliphatic carbocycles. The minimum atomic E-state index is 0. The van der Waals surface area contributed by atoms with E-state index in [1.54, 1.807) is 7.05 Å². The van der Waals surface area contributed by atoms with Crippen LogP contribution < -0.4 is 10.6 Å². The highest BCUT2D eigenvalue weighted by molar-refractivity contribution is 14.0. The zero-order valence-corrected chi connectivity index (χ0v) is 13.2. The minimum Gasteiger partial charge on any atom is -0.355 e. The summed E-state index contributed by atoms with van der Waals surface area (Å²) in [6, 6.07) is 0.843. The summed E-state index contributed by atoms with van der Waals surface area (Å²) in [6.07, 6.45) is 4.57. The van der Waals surface area contributed by atoms with Gasteiger partial charge in [0.05, 0.1) is 0 Å². The predicted octanol–water partition coefficient (Wildman–Crippen LogP) is 1.44. The number of hydrogen-bond donors (Lipinski definition) is 2. The van der Waals surface area contributed by atoms with E-state index in [1.165, 1.54) is 12.8 Å². The third-order valence-corrected chi connectivity index (χ3v) is 2.80. The maximum atomic E-state index is 4.14. The monoisotopic (exact) mass is 352 g/mol. The number of nitrogens with zero attached hydrogens (tertiary/aromatic N) is 2. The lowest BCUT2D eigenvalue weighted by Gasteiger charge is -2.20. The van der Waals surface area contributed by atoms with Crippen LogP contribution in [0, 0.1) is 0 Å². The fourth-order valence-corrected chi connectivity index (χ4v) is 1.75. The molecule has 0 radical (unpaired) electrons. The van der Waals surface area contributed by atoms with Gasteiger partial charge in [0.15, 0.2) is 5.96 Å². The van der Waals surface area contributed by atoms with E-state index < -0.39 is 0 Å². The highest BCUT2D eigenvalue weighted by atomic mass is 127. The summed E-state index contributed by atoms with van der Waals surface area (Å²) in [7, 11) is 1.79. The van der Waals surface area contributed by atoms with Crippen LogP contribution in [0.3, 0.4) is 0 Å². The lowest BCUT2D eigenvalue weighted by Crippen LogP contribution is -2.42. The van der Waals surface area contributed by atoms with Crippen molar-refractivity contribution in [3.05, 3.63) is 12.7 Å². The van der Waals surface area contributed by atoms with Crippen LogP contribution in [-0.4, -0.2) is 50.1 Å². The Morgan fingerprint density at radius 1 is 1.47 bits per heavy atom. The lowest BCUT2D eigenvalue weighted by molar-refractivity contribution is 0.282. The molecule has 5 heteroatoms. The maximum Gasteiger partial charge on any atom is 0.191 e. The average Bonchev–Trinajstić information content (AvgIpc) is 3.12. The summed E-state index contributed by atoms with van der Waals surface area (Å²) >= 11 is 0. The third kappa shape index (κ3) is 6.88. The van der Waals surface area contributed by atoms with Crippen LogP contribution in [-0.2, 0) is 0 Å². The normalized spacial score (nSPS) is 15.4. The first-order valence-electron chi connectivity index (χ1n) is 6.11. The molecular weight excluding hydrogens is 327 g/mol. The van der Waals surface area contributed by atoms with Gasteiger partial charge in [0.1, 0.15) is 0 Å². The second kappa shape index (κ2) is 9.70. The third-order valence-electron chi connectivity index (χ3n) is 2.80. The first-order chi connectivity index (χ1) is 7.81. The Balaban J connectivity index is 0.00000256. The molecule has 0 bridgehead atoms. The first kappa shape index (κ1) is 16.7. The van der Waals surface area contributed by atoms with Gasteiger partial charge >= 0.3 is 0 Å². The Morgan fingerprint density at radius 2 is 2.18 bits per heavy atom. The number of likely N-dealkylation sites (N-methyl/N-ethyl adjacent to an activating group) is 1. The first-order valence-corrected chi connectivity index (χ1v) is 6.11. The van der Waals surface area contributed by atoms with Gasteiger partial charge in [-0.1, -0.05) is 13.0 Å². The van der Waals surface area contributed by atoms with Gasteiger partial charge in [-0.15, -0.1) is 30.6 Å². The zero-order chi connectivity index (χ0) is 11.8. The van der Waals surface area contributed by atoms with Gasteiger partial charge in [0.25, 0.3) is 0 Å². The van der Waals surface area contributed by atoms with Crippen molar-refractivity contribution in [3.63, 3.8) is 0 Å². The number of nitrogens with one attached hydrogen (secondary N) is 2. The maximum absolute atomic E-state index is 4.14. The van der Waals surface area contributed by atoms with Gasteiger partial charge in [-0.25, -0.2) is 0 Å². The van der Waals surface area contributed by atoms with Crippen LogP contribution in [0.1, 0.15) is 19.8 Å². The smallest absolute Gasteiger partial charge is 0.191 e. The van der Waals surface area contributed by atoms with E-state index in [1.807, 2.05) is 6.08 Å². The number of aliphatic imine (C=N–C) groups is 1. The van der Waals surface area contributed by atoms with Crippen LogP contribution >= 0.6 is 24.0 Å². The van der Waals surface area contributed by atoms with Crippen molar-refractivity contribution in [2.45, 2.75) is 25.8 Å². The number of halogens is 1. The van der Waals surface area contributed by atoms with E-state index in [0.29, 0.717) is 0 Å². The van der Waals surface area contributed by atoms with Gasteiger partial charge in [0.2, 0.25) is 0 Å². The van der Waals surface area contributed by atoms with E-state index in [4.69, 9.17) is 0 Å². The summed E-state index contributed by atoms with van der Waals surface area (Å²) in [5.41, 5.74) is 0. The molecule has 17 heavy (non-hydrogen) atoms. The number of guanidine groups is 1. The predicted molar refractivity (Wildman–Crippen MR) is 85.2 cm³/mol. The molecule has 0 heterocycles. The molecule has 0 saturated heterocycles. The van der Waals surface area contributed by atoms with Gasteiger partial charge < -0.3 is 10.6 Å². The highest BCUT2D eigenvalue weighted by Gasteiger charge is 2.27. The van der Waals surface area contributed by atoms with E-state index >= 15 is 0 Å². The molecule has 0 aromatic rings. The van der Waals surface area contributed by atoms with Gasteiger partial charge in [-0.2, -0.15) is 0 Å². The molecule has 100 valence electrons. The van der Waals surface area contributed by atoms with E-state index in [-0.39, 0.29) is 24.0 Å². The van der Waals surface area contributed by atoms with E-state index in [0.717, 1.165) is 38.2 Å². The SMILES string of the molecule is C=CCNC(=NC)NCCN(CC)C1CC1.I. The Kier molecular flexibility index (Phi) is 9.53. The number of rotatable bonds is 7. The largest absolute Gasteiger partial charge is 0.355 e. The molecule has 1 saturated carbocycles. The summed E-state index contributed by atoms with van der Waals surface area (Å²) < 4.78 is 0. The minimum absolute atomic E-state index is 0.